The number of carboxylic acids is 1. The molecular formula is C26H32N4O5S. The van der Waals surface area contributed by atoms with E-state index in [-0.39, 0.29) is 29.8 Å². The number of hydrogen-bond acceptors (Lipinski definition) is 6. The van der Waals surface area contributed by atoms with E-state index in [1.165, 1.54) is 25.5 Å². The van der Waals surface area contributed by atoms with Crippen LogP contribution >= 0.6 is 0 Å². The number of aliphatic carboxylic acids is 1. The summed E-state index contributed by atoms with van der Waals surface area (Å²) in [5.74, 6) is 0.131. The van der Waals surface area contributed by atoms with Crippen molar-refractivity contribution in [3.05, 3.63) is 47.8 Å². The first-order chi connectivity index (χ1) is 17.3. The van der Waals surface area contributed by atoms with Crippen LogP contribution in [0.3, 0.4) is 0 Å². The zero-order chi connectivity index (χ0) is 25.4. The number of rotatable bonds is 9. The molecule has 1 saturated heterocycles. The fraction of sp³-hybridized carbons (Fsp3) is 0.500. The summed E-state index contributed by atoms with van der Waals surface area (Å²) in [4.78, 5) is 15.8. The molecule has 192 valence electrons. The molecule has 1 aliphatic heterocycles. The minimum Gasteiger partial charge on any atom is -0.481 e. The van der Waals surface area contributed by atoms with Crippen molar-refractivity contribution in [3.63, 3.8) is 0 Å². The summed E-state index contributed by atoms with van der Waals surface area (Å²) in [6.07, 6.45) is 5.66. The van der Waals surface area contributed by atoms with Crippen LogP contribution in [-0.4, -0.2) is 58.3 Å². The van der Waals surface area contributed by atoms with Crippen LogP contribution in [0, 0.1) is 18.8 Å². The second-order valence-electron chi connectivity index (χ2n) is 9.93. The Morgan fingerprint density at radius 1 is 1.19 bits per heavy atom. The molecule has 1 N–H and O–H groups in total. The number of aryl methyl sites for hydroxylation is 1. The Morgan fingerprint density at radius 2 is 2.00 bits per heavy atom. The summed E-state index contributed by atoms with van der Waals surface area (Å²) in [6, 6.07) is 8.83. The Morgan fingerprint density at radius 3 is 2.64 bits per heavy atom. The van der Waals surface area contributed by atoms with Crippen LogP contribution in [0.1, 0.15) is 49.9 Å². The molecule has 0 bridgehead atoms. The predicted molar refractivity (Wildman–Crippen MR) is 134 cm³/mol. The molecule has 5 rings (SSSR count). The first kappa shape index (κ1) is 24.7. The zero-order valence-electron chi connectivity index (χ0n) is 20.6. The Kier molecular flexibility index (Phi) is 6.74. The van der Waals surface area contributed by atoms with Crippen LogP contribution in [0.4, 0.5) is 0 Å². The van der Waals surface area contributed by atoms with Crippen LogP contribution in [0.2, 0.25) is 0 Å². The third-order valence-electron chi connectivity index (χ3n) is 7.45. The number of benzene rings is 1. The Bertz CT molecular complexity index is 1360. The van der Waals surface area contributed by atoms with E-state index in [9.17, 15) is 18.3 Å². The number of aromatic nitrogens is 3. The van der Waals surface area contributed by atoms with Gasteiger partial charge in [0.25, 0.3) is 0 Å². The monoisotopic (exact) mass is 512 g/mol. The standard InChI is InChI=1S/C26H32N4O5S/c1-3-35-25-10-8-20(14-27-25)36(33,34)29-15-19(12-18-5-4-6-18)24(16-29)30-23-11-17(2)7-9-21(23)22(28-30)13-26(31)32/h7-11,14,18-19,24H,3-6,12-13,15-16H2,1-2H3,(H,31,32)/t19-,24+/m1/s1. The lowest BCUT2D eigenvalue weighted by Gasteiger charge is -2.30. The van der Waals surface area contributed by atoms with Crippen molar-refractivity contribution in [2.24, 2.45) is 11.8 Å². The molecule has 2 aromatic heterocycles. The van der Waals surface area contributed by atoms with Crippen molar-refractivity contribution in [3.8, 4) is 5.88 Å². The summed E-state index contributed by atoms with van der Waals surface area (Å²) in [5.41, 5.74) is 2.41. The molecule has 9 nitrogen and oxygen atoms in total. The molecule has 0 unspecified atom stereocenters. The van der Waals surface area contributed by atoms with Gasteiger partial charge in [-0.15, -0.1) is 0 Å². The van der Waals surface area contributed by atoms with Gasteiger partial charge in [-0.25, -0.2) is 13.4 Å². The van der Waals surface area contributed by atoms with Gasteiger partial charge < -0.3 is 9.84 Å². The van der Waals surface area contributed by atoms with Gasteiger partial charge in [-0.3, -0.25) is 9.48 Å². The fourth-order valence-corrected chi connectivity index (χ4v) is 6.88. The highest BCUT2D eigenvalue weighted by Crippen LogP contribution is 2.42. The molecule has 36 heavy (non-hydrogen) atoms. The summed E-state index contributed by atoms with van der Waals surface area (Å²) < 4.78 is 36.0. The lowest BCUT2D eigenvalue weighted by molar-refractivity contribution is -0.136. The predicted octanol–water partition coefficient (Wildman–Crippen LogP) is 3.82. The van der Waals surface area contributed by atoms with Crippen molar-refractivity contribution in [1.82, 2.24) is 19.1 Å². The molecule has 1 aromatic carbocycles. The largest absolute Gasteiger partial charge is 0.481 e. The molecule has 3 heterocycles. The van der Waals surface area contributed by atoms with Gasteiger partial charge in [-0.05, 0) is 49.8 Å². The fourth-order valence-electron chi connectivity index (χ4n) is 5.42. The average Bonchev–Trinajstić information content (AvgIpc) is 3.38. The van der Waals surface area contributed by atoms with Gasteiger partial charge in [0.05, 0.1) is 36.5 Å². The van der Waals surface area contributed by atoms with Crippen molar-refractivity contribution >= 4 is 26.9 Å². The quantitative estimate of drug-likeness (QED) is 0.463. The number of hydrogen-bond donors (Lipinski definition) is 1. The second-order valence-corrected chi connectivity index (χ2v) is 11.9. The smallest absolute Gasteiger partial charge is 0.309 e. The summed E-state index contributed by atoms with van der Waals surface area (Å²) in [6.45, 7) is 4.98. The Hall–Kier alpha value is -2.98. The Balaban J connectivity index is 1.51. The first-order valence-corrected chi connectivity index (χ1v) is 14.0. The molecule has 0 radical (unpaired) electrons. The highest BCUT2D eigenvalue weighted by molar-refractivity contribution is 7.89. The van der Waals surface area contributed by atoms with E-state index >= 15 is 0 Å². The van der Waals surface area contributed by atoms with Crippen LogP contribution in [0.5, 0.6) is 5.88 Å². The van der Waals surface area contributed by atoms with Gasteiger partial charge >= 0.3 is 5.97 Å². The van der Waals surface area contributed by atoms with E-state index in [0.29, 0.717) is 30.6 Å². The number of carboxylic acid groups (broad SMARTS) is 1. The summed E-state index contributed by atoms with van der Waals surface area (Å²) in [5, 5.41) is 15.0. The molecule has 2 aliphatic rings. The van der Waals surface area contributed by atoms with Gasteiger partial charge in [0.15, 0.2) is 0 Å². The van der Waals surface area contributed by atoms with Crippen LogP contribution < -0.4 is 4.74 Å². The zero-order valence-corrected chi connectivity index (χ0v) is 21.4. The number of ether oxygens (including phenoxy) is 1. The third-order valence-corrected chi connectivity index (χ3v) is 9.26. The maximum absolute atomic E-state index is 13.6. The average molecular weight is 513 g/mol. The van der Waals surface area contributed by atoms with E-state index in [4.69, 9.17) is 9.84 Å². The van der Waals surface area contributed by atoms with E-state index < -0.39 is 16.0 Å². The number of fused-ring (bicyclic) bond motifs is 1. The molecular weight excluding hydrogens is 480 g/mol. The molecule has 1 saturated carbocycles. The maximum atomic E-state index is 13.6. The number of pyridine rings is 1. The summed E-state index contributed by atoms with van der Waals surface area (Å²) in [7, 11) is -3.76. The number of carbonyl (C=O) groups is 1. The Labute approximate surface area is 211 Å². The lowest BCUT2D eigenvalue weighted by Crippen LogP contribution is -2.29. The topological polar surface area (TPSA) is 115 Å². The minimum absolute atomic E-state index is 0.0852. The van der Waals surface area contributed by atoms with Crippen LogP contribution in [0.15, 0.2) is 41.4 Å². The highest BCUT2D eigenvalue weighted by Gasteiger charge is 2.43. The first-order valence-electron chi connectivity index (χ1n) is 12.5. The maximum Gasteiger partial charge on any atom is 0.309 e. The molecule has 1 aliphatic carbocycles. The molecule has 10 heteroatoms. The SMILES string of the molecule is CCOc1ccc(S(=O)(=O)N2C[C@@H](CC3CCC3)[C@@H](n3nc(CC(=O)O)c4ccc(C)cc43)C2)cn1. The van der Waals surface area contributed by atoms with Crippen LogP contribution in [-0.2, 0) is 21.2 Å². The van der Waals surface area contributed by atoms with Gasteiger partial charge in [0.2, 0.25) is 15.9 Å². The highest BCUT2D eigenvalue weighted by atomic mass is 32.2. The van der Waals surface area contributed by atoms with Gasteiger partial charge in [-0.1, -0.05) is 31.4 Å². The van der Waals surface area contributed by atoms with Crippen molar-refractivity contribution in [2.75, 3.05) is 19.7 Å². The van der Waals surface area contributed by atoms with Crippen molar-refractivity contribution in [1.29, 1.82) is 0 Å². The van der Waals surface area contributed by atoms with Gasteiger partial charge in [-0.2, -0.15) is 9.40 Å². The van der Waals surface area contributed by atoms with E-state index in [2.05, 4.69) is 4.98 Å². The van der Waals surface area contributed by atoms with E-state index in [1.54, 1.807) is 16.4 Å². The van der Waals surface area contributed by atoms with E-state index in [1.807, 2.05) is 36.7 Å². The number of sulfonamides is 1. The van der Waals surface area contributed by atoms with Crippen LogP contribution in [0.25, 0.3) is 10.9 Å². The van der Waals surface area contributed by atoms with Gasteiger partial charge in [0.1, 0.15) is 4.90 Å². The normalized spacial score (nSPS) is 21.1. The number of nitrogens with zero attached hydrogens (tertiary/aromatic N) is 4. The second kappa shape index (κ2) is 9.82. The van der Waals surface area contributed by atoms with Crippen molar-refractivity contribution < 1.29 is 23.1 Å². The third kappa shape index (κ3) is 4.71. The molecule has 0 spiro atoms. The molecule has 0 amide bonds. The van der Waals surface area contributed by atoms with Crippen molar-refractivity contribution in [2.45, 2.75) is 56.9 Å². The molecule has 2 atom stereocenters. The lowest BCUT2D eigenvalue weighted by atomic mass is 9.78. The molecule has 2 fully saturated rings. The molecule has 3 aromatic rings. The summed E-state index contributed by atoms with van der Waals surface area (Å²) >= 11 is 0. The minimum atomic E-state index is -3.76. The van der Waals surface area contributed by atoms with E-state index in [0.717, 1.165) is 22.9 Å². The van der Waals surface area contributed by atoms with Gasteiger partial charge in [0, 0.05) is 24.5 Å².